The second-order valence-electron chi connectivity index (χ2n) is 6.44. The molecule has 1 N–H and O–H groups in total. The molecule has 1 saturated heterocycles. The maximum absolute atomic E-state index is 12.4. The van der Waals surface area contributed by atoms with E-state index in [2.05, 4.69) is 12.2 Å². The number of nitrogens with zero attached hydrogens (tertiary/aromatic N) is 1. The zero-order chi connectivity index (χ0) is 15.7. The zero-order valence-electron chi connectivity index (χ0n) is 14.0. The van der Waals surface area contributed by atoms with E-state index in [4.69, 9.17) is 0 Å². The van der Waals surface area contributed by atoms with Crippen LogP contribution in [-0.4, -0.2) is 35.3 Å². The van der Waals surface area contributed by atoms with Crippen molar-refractivity contribution >= 4 is 11.8 Å². The van der Waals surface area contributed by atoms with Crippen LogP contribution in [0.5, 0.6) is 0 Å². The minimum atomic E-state index is -0.699. The smallest absolute Gasteiger partial charge is 0.248 e. The van der Waals surface area contributed by atoms with Gasteiger partial charge in [0, 0.05) is 6.54 Å². The first kappa shape index (κ1) is 18.0. The van der Waals surface area contributed by atoms with Crippen LogP contribution in [0.3, 0.4) is 0 Å². The van der Waals surface area contributed by atoms with E-state index in [0.717, 1.165) is 19.4 Å². The number of amides is 2. The lowest BCUT2D eigenvalue weighted by Gasteiger charge is -2.39. The highest BCUT2D eigenvalue weighted by atomic mass is 16.2. The Morgan fingerprint density at radius 2 is 1.57 bits per heavy atom. The van der Waals surface area contributed by atoms with Crippen molar-refractivity contribution in [3.05, 3.63) is 0 Å². The molecule has 4 nitrogen and oxygen atoms in total. The van der Waals surface area contributed by atoms with Crippen molar-refractivity contribution in [3.63, 3.8) is 0 Å². The molecule has 21 heavy (non-hydrogen) atoms. The molecule has 1 atom stereocenters. The molecule has 1 aliphatic rings. The van der Waals surface area contributed by atoms with E-state index in [1.54, 1.807) is 4.90 Å². The molecule has 1 rings (SSSR count). The van der Waals surface area contributed by atoms with E-state index < -0.39 is 5.54 Å². The summed E-state index contributed by atoms with van der Waals surface area (Å²) in [5, 5.41) is 2.82. The van der Waals surface area contributed by atoms with Gasteiger partial charge in [0.2, 0.25) is 11.8 Å². The predicted octanol–water partition coefficient (Wildman–Crippen LogP) is 3.25. The van der Waals surface area contributed by atoms with E-state index in [1.165, 1.54) is 38.5 Å². The molecule has 0 aliphatic carbocycles. The molecule has 0 saturated carbocycles. The highest BCUT2D eigenvalue weighted by Gasteiger charge is 2.40. The van der Waals surface area contributed by atoms with Crippen LogP contribution in [0.2, 0.25) is 0 Å². The third kappa shape index (κ3) is 5.68. The van der Waals surface area contributed by atoms with Gasteiger partial charge in [-0.25, -0.2) is 0 Å². The number of carbonyl (C=O) groups is 2. The molecule has 1 heterocycles. The number of rotatable bonds is 10. The summed E-state index contributed by atoms with van der Waals surface area (Å²) in [6.45, 7) is 6.95. The first-order valence-corrected chi connectivity index (χ1v) is 8.64. The Morgan fingerprint density at radius 1 is 1.00 bits per heavy atom. The van der Waals surface area contributed by atoms with Gasteiger partial charge < -0.3 is 10.2 Å². The summed E-state index contributed by atoms with van der Waals surface area (Å²) in [4.78, 5) is 25.8. The van der Waals surface area contributed by atoms with Crippen LogP contribution in [0, 0.1) is 0 Å². The predicted molar refractivity (Wildman–Crippen MR) is 86.0 cm³/mol. The second kappa shape index (κ2) is 9.06. The summed E-state index contributed by atoms with van der Waals surface area (Å²) in [5.41, 5.74) is -0.699. The zero-order valence-corrected chi connectivity index (χ0v) is 14.0. The summed E-state index contributed by atoms with van der Waals surface area (Å²) in [5.74, 6) is 0.0473. The molecule has 0 aromatic carbocycles. The first-order valence-electron chi connectivity index (χ1n) is 8.64. The fourth-order valence-corrected chi connectivity index (χ4v) is 2.85. The van der Waals surface area contributed by atoms with E-state index >= 15 is 0 Å². The summed E-state index contributed by atoms with van der Waals surface area (Å²) < 4.78 is 0. The topological polar surface area (TPSA) is 49.4 Å². The van der Waals surface area contributed by atoms with E-state index in [0.29, 0.717) is 6.42 Å². The maximum Gasteiger partial charge on any atom is 0.248 e. The lowest BCUT2D eigenvalue weighted by Crippen LogP contribution is -2.65. The molecule has 0 bridgehead atoms. The van der Waals surface area contributed by atoms with Crippen molar-refractivity contribution in [2.75, 3.05) is 13.1 Å². The molecule has 1 aliphatic heterocycles. The Labute approximate surface area is 129 Å². The summed E-state index contributed by atoms with van der Waals surface area (Å²) >= 11 is 0. The van der Waals surface area contributed by atoms with Crippen LogP contribution in [0.1, 0.15) is 78.6 Å². The second-order valence-corrected chi connectivity index (χ2v) is 6.44. The van der Waals surface area contributed by atoms with Gasteiger partial charge in [0.15, 0.2) is 0 Å². The number of hydrogen-bond donors (Lipinski definition) is 1. The van der Waals surface area contributed by atoms with Crippen molar-refractivity contribution in [1.82, 2.24) is 10.2 Å². The van der Waals surface area contributed by atoms with Gasteiger partial charge in [-0.05, 0) is 19.8 Å². The SMILES string of the molecule is CCCCCCCCCCN1CC(=O)NC(C)(CC)C1=O. The molecule has 0 spiro atoms. The Kier molecular flexibility index (Phi) is 7.76. The van der Waals surface area contributed by atoms with Gasteiger partial charge in [0.25, 0.3) is 0 Å². The quantitative estimate of drug-likeness (QED) is 0.629. The number of piperazine rings is 1. The van der Waals surface area contributed by atoms with Gasteiger partial charge in [-0.2, -0.15) is 0 Å². The van der Waals surface area contributed by atoms with Crippen LogP contribution in [0.15, 0.2) is 0 Å². The monoisotopic (exact) mass is 296 g/mol. The van der Waals surface area contributed by atoms with Gasteiger partial charge in [-0.3, -0.25) is 9.59 Å². The highest BCUT2D eigenvalue weighted by molar-refractivity contribution is 5.97. The third-order valence-corrected chi connectivity index (χ3v) is 4.50. The van der Waals surface area contributed by atoms with Crippen LogP contribution in [-0.2, 0) is 9.59 Å². The molecule has 0 radical (unpaired) electrons. The molecule has 122 valence electrons. The van der Waals surface area contributed by atoms with Crippen molar-refractivity contribution in [3.8, 4) is 0 Å². The third-order valence-electron chi connectivity index (χ3n) is 4.50. The van der Waals surface area contributed by atoms with Crippen LogP contribution in [0.25, 0.3) is 0 Å². The lowest BCUT2D eigenvalue weighted by atomic mass is 9.94. The average Bonchev–Trinajstić information content (AvgIpc) is 2.46. The highest BCUT2D eigenvalue weighted by Crippen LogP contribution is 2.18. The summed E-state index contributed by atoms with van der Waals surface area (Å²) in [6.07, 6.45) is 10.6. The van der Waals surface area contributed by atoms with Crippen molar-refractivity contribution in [1.29, 1.82) is 0 Å². The molecule has 1 fully saturated rings. The van der Waals surface area contributed by atoms with E-state index in [1.807, 2.05) is 13.8 Å². The molecular formula is C17H32N2O2. The number of hydrogen-bond acceptors (Lipinski definition) is 2. The van der Waals surface area contributed by atoms with Gasteiger partial charge >= 0.3 is 0 Å². The van der Waals surface area contributed by atoms with Gasteiger partial charge in [-0.1, -0.05) is 58.8 Å². The molecule has 2 amide bonds. The molecule has 0 aromatic heterocycles. The Balaban J connectivity index is 2.22. The van der Waals surface area contributed by atoms with Gasteiger partial charge in [0.05, 0.1) is 6.54 Å². The van der Waals surface area contributed by atoms with Gasteiger partial charge in [-0.15, -0.1) is 0 Å². The molecule has 1 unspecified atom stereocenters. The summed E-state index contributed by atoms with van der Waals surface area (Å²) in [7, 11) is 0. The normalized spacial score (nSPS) is 22.5. The van der Waals surface area contributed by atoms with Crippen LogP contribution < -0.4 is 5.32 Å². The Bertz CT molecular complexity index is 344. The standard InChI is InChI=1S/C17H32N2O2/c1-4-6-7-8-9-10-11-12-13-19-14-15(20)18-17(3,5-2)16(19)21/h4-14H2,1-3H3,(H,18,20). The van der Waals surface area contributed by atoms with Crippen LogP contribution in [0.4, 0.5) is 0 Å². The Morgan fingerprint density at radius 3 is 2.14 bits per heavy atom. The lowest BCUT2D eigenvalue weighted by molar-refractivity contribution is -0.149. The van der Waals surface area contributed by atoms with Crippen molar-refractivity contribution < 1.29 is 9.59 Å². The maximum atomic E-state index is 12.4. The van der Waals surface area contributed by atoms with Crippen molar-refractivity contribution in [2.24, 2.45) is 0 Å². The Hall–Kier alpha value is -1.06. The van der Waals surface area contributed by atoms with E-state index in [9.17, 15) is 9.59 Å². The van der Waals surface area contributed by atoms with Gasteiger partial charge in [0.1, 0.15) is 5.54 Å². The average molecular weight is 296 g/mol. The van der Waals surface area contributed by atoms with E-state index in [-0.39, 0.29) is 18.4 Å². The molecular weight excluding hydrogens is 264 g/mol. The number of unbranched alkanes of at least 4 members (excludes halogenated alkanes) is 7. The van der Waals surface area contributed by atoms with Crippen molar-refractivity contribution in [2.45, 2.75) is 84.1 Å². The summed E-state index contributed by atoms with van der Waals surface area (Å²) in [6, 6.07) is 0. The first-order chi connectivity index (χ1) is 10.0. The van der Waals surface area contributed by atoms with Crippen LogP contribution >= 0.6 is 0 Å². The number of carbonyl (C=O) groups excluding carboxylic acids is 2. The minimum Gasteiger partial charge on any atom is -0.340 e. The molecule has 0 aromatic rings. The fourth-order valence-electron chi connectivity index (χ4n) is 2.85. The molecule has 4 heteroatoms. The minimum absolute atomic E-state index is 0.0292. The largest absolute Gasteiger partial charge is 0.340 e. The fraction of sp³-hybridized carbons (Fsp3) is 0.882. The number of nitrogens with one attached hydrogen (secondary N) is 1.